The minimum absolute atomic E-state index is 0.0125. The van der Waals surface area contributed by atoms with Gasteiger partial charge in [0.1, 0.15) is 6.54 Å². The van der Waals surface area contributed by atoms with Gasteiger partial charge in [-0.05, 0) is 19.1 Å². The second-order valence-corrected chi connectivity index (χ2v) is 5.64. The fraction of sp³-hybridized carbons (Fsp3) is 0.176. The Labute approximate surface area is 150 Å². The maximum absolute atomic E-state index is 12.8. The average Bonchev–Trinajstić information content (AvgIpc) is 2.64. The van der Waals surface area contributed by atoms with Gasteiger partial charge in [-0.25, -0.2) is 0 Å². The van der Waals surface area contributed by atoms with Crippen molar-refractivity contribution in [2.75, 3.05) is 6.61 Å². The number of esters is 1. The van der Waals surface area contributed by atoms with Crippen LogP contribution in [-0.2, 0) is 16.1 Å². The van der Waals surface area contributed by atoms with Crippen LogP contribution in [0.1, 0.15) is 6.92 Å². The molecule has 0 spiro atoms. The van der Waals surface area contributed by atoms with Crippen molar-refractivity contribution in [1.82, 2.24) is 4.57 Å². The van der Waals surface area contributed by atoms with E-state index >= 15 is 0 Å². The zero-order valence-corrected chi connectivity index (χ0v) is 14.1. The predicted molar refractivity (Wildman–Crippen MR) is 95.7 cm³/mol. The Hall–Kier alpha value is -3.82. The molecule has 0 aliphatic rings. The van der Waals surface area contributed by atoms with E-state index in [4.69, 9.17) is 4.74 Å². The van der Waals surface area contributed by atoms with Gasteiger partial charge in [0, 0.05) is 24.3 Å². The molecule has 10 nitrogen and oxygen atoms in total. The maximum Gasteiger partial charge on any atom is 0.325 e. The van der Waals surface area contributed by atoms with Crippen molar-refractivity contribution in [2.45, 2.75) is 13.5 Å². The van der Waals surface area contributed by atoms with Crippen molar-refractivity contribution in [1.29, 1.82) is 0 Å². The minimum Gasteiger partial charge on any atom is -0.465 e. The lowest BCUT2D eigenvalue weighted by molar-refractivity contribution is -0.384. The molecule has 0 unspecified atom stereocenters. The molecular weight excluding hydrogens is 358 g/mol. The molecule has 0 saturated carbocycles. The summed E-state index contributed by atoms with van der Waals surface area (Å²) in [6, 6.07) is 7.38. The molecule has 0 fully saturated rings. The van der Waals surface area contributed by atoms with Gasteiger partial charge in [-0.2, -0.15) is 0 Å². The van der Waals surface area contributed by atoms with E-state index in [-0.39, 0.29) is 35.3 Å². The molecule has 27 heavy (non-hydrogen) atoms. The molecule has 3 aromatic rings. The summed E-state index contributed by atoms with van der Waals surface area (Å²) in [6.45, 7) is 1.55. The van der Waals surface area contributed by atoms with Crippen molar-refractivity contribution < 1.29 is 19.4 Å². The topological polar surface area (TPSA) is 135 Å². The first-order valence-electron chi connectivity index (χ1n) is 7.88. The van der Waals surface area contributed by atoms with Crippen LogP contribution in [0.5, 0.6) is 0 Å². The van der Waals surface area contributed by atoms with Gasteiger partial charge < -0.3 is 9.30 Å². The van der Waals surface area contributed by atoms with E-state index in [9.17, 15) is 29.8 Å². The summed E-state index contributed by atoms with van der Waals surface area (Å²) in [4.78, 5) is 45.6. The first-order valence-corrected chi connectivity index (χ1v) is 7.88. The number of benzene rings is 2. The fourth-order valence-electron chi connectivity index (χ4n) is 2.89. The number of aromatic nitrogens is 1. The zero-order chi connectivity index (χ0) is 19.7. The lowest BCUT2D eigenvalue weighted by atomic mass is 10.1. The lowest BCUT2D eigenvalue weighted by Gasteiger charge is -2.14. The Morgan fingerprint density at radius 1 is 1.00 bits per heavy atom. The van der Waals surface area contributed by atoms with Crippen LogP contribution in [0, 0.1) is 20.2 Å². The van der Waals surface area contributed by atoms with E-state index in [0.717, 1.165) is 12.1 Å². The highest BCUT2D eigenvalue weighted by Crippen LogP contribution is 2.25. The second kappa shape index (κ2) is 6.83. The van der Waals surface area contributed by atoms with E-state index < -0.39 is 21.2 Å². The number of non-ortho nitro benzene ring substituents is 2. The monoisotopic (exact) mass is 371 g/mol. The van der Waals surface area contributed by atoms with E-state index in [1.807, 2.05) is 0 Å². The number of rotatable bonds is 5. The number of fused-ring (bicyclic) bond motifs is 2. The molecule has 0 atom stereocenters. The molecule has 1 heterocycles. The van der Waals surface area contributed by atoms with Gasteiger partial charge in [-0.15, -0.1) is 0 Å². The first kappa shape index (κ1) is 18.0. The SMILES string of the molecule is CCOC(=O)Cn1c2ccc([N+](=O)[O-])cc2c(=O)c2cc([N+](=O)[O-])ccc21. The molecule has 0 radical (unpaired) electrons. The average molecular weight is 371 g/mol. The molecular formula is C17H13N3O7. The lowest BCUT2D eigenvalue weighted by Crippen LogP contribution is -2.18. The van der Waals surface area contributed by atoms with Crippen LogP contribution in [0.25, 0.3) is 21.8 Å². The molecule has 0 bridgehead atoms. The van der Waals surface area contributed by atoms with Crippen LogP contribution in [-0.4, -0.2) is 27.0 Å². The molecule has 138 valence electrons. The van der Waals surface area contributed by atoms with Crippen LogP contribution >= 0.6 is 0 Å². The summed E-state index contributed by atoms with van der Waals surface area (Å²) in [5.74, 6) is -0.569. The Morgan fingerprint density at radius 3 is 1.89 bits per heavy atom. The highest BCUT2D eigenvalue weighted by molar-refractivity contribution is 5.96. The largest absolute Gasteiger partial charge is 0.465 e. The van der Waals surface area contributed by atoms with Crippen LogP contribution in [0.2, 0.25) is 0 Å². The summed E-state index contributed by atoms with van der Waals surface area (Å²) >= 11 is 0. The highest BCUT2D eigenvalue weighted by Gasteiger charge is 2.18. The molecule has 1 aromatic heterocycles. The number of ether oxygens (including phenoxy) is 1. The molecule has 0 saturated heterocycles. The van der Waals surface area contributed by atoms with E-state index in [0.29, 0.717) is 11.0 Å². The van der Waals surface area contributed by atoms with Crippen molar-refractivity contribution in [3.63, 3.8) is 0 Å². The maximum atomic E-state index is 12.8. The van der Waals surface area contributed by atoms with E-state index in [1.165, 1.54) is 28.8 Å². The molecule has 0 aliphatic heterocycles. The Bertz CT molecular complexity index is 1090. The first-order chi connectivity index (χ1) is 12.8. The van der Waals surface area contributed by atoms with E-state index in [1.54, 1.807) is 6.92 Å². The standard InChI is InChI=1S/C17H13N3O7/c1-2-27-16(21)9-18-14-5-3-10(19(23)24)7-12(14)17(22)13-8-11(20(25)26)4-6-15(13)18/h3-8H,2,9H2,1H3. The molecule has 10 heteroatoms. The number of carbonyl (C=O) groups is 1. The third-order valence-corrected chi connectivity index (χ3v) is 4.05. The van der Waals surface area contributed by atoms with Crippen LogP contribution < -0.4 is 5.43 Å². The van der Waals surface area contributed by atoms with Crippen molar-refractivity contribution in [2.24, 2.45) is 0 Å². The van der Waals surface area contributed by atoms with Gasteiger partial charge >= 0.3 is 5.97 Å². The Balaban J connectivity index is 2.41. The van der Waals surface area contributed by atoms with Gasteiger partial charge in [0.2, 0.25) is 0 Å². The van der Waals surface area contributed by atoms with Crippen LogP contribution in [0.15, 0.2) is 41.2 Å². The molecule has 3 rings (SSSR count). The molecule has 2 aromatic carbocycles. The number of pyridine rings is 1. The molecule has 0 N–H and O–H groups in total. The summed E-state index contributed by atoms with van der Waals surface area (Å²) in [6.07, 6.45) is 0. The number of nitro benzene ring substituents is 2. The molecule has 0 amide bonds. The second-order valence-electron chi connectivity index (χ2n) is 5.64. The molecule has 0 aliphatic carbocycles. The predicted octanol–water partition coefficient (Wildman–Crippen LogP) is 2.53. The fourth-order valence-corrected chi connectivity index (χ4v) is 2.89. The smallest absolute Gasteiger partial charge is 0.325 e. The van der Waals surface area contributed by atoms with Gasteiger partial charge in [-0.1, -0.05) is 0 Å². The summed E-state index contributed by atoms with van der Waals surface area (Å²) in [7, 11) is 0. The third kappa shape index (κ3) is 3.19. The van der Waals surface area contributed by atoms with Crippen molar-refractivity contribution >= 4 is 39.1 Å². The number of carbonyl (C=O) groups excluding carboxylic acids is 1. The number of nitro groups is 2. The van der Waals surface area contributed by atoms with Gasteiger partial charge in [0.05, 0.1) is 38.3 Å². The van der Waals surface area contributed by atoms with Crippen LogP contribution in [0.3, 0.4) is 0 Å². The van der Waals surface area contributed by atoms with Gasteiger partial charge in [0.25, 0.3) is 11.4 Å². The van der Waals surface area contributed by atoms with E-state index in [2.05, 4.69) is 0 Å². The minimum atomic E-state index is -0.647. The van der Waals surface area contributed by atoms with Crippen molar-refractivity contribution in [3.05, 3.63) is 66.9 Å². The Morgan fingerprint density at radius 2 is 1.48 bits per heavy atom. The zero-order valence-electron chi connectivity index (χ0n) is 14.1. The quantitative estimate of drug-likeness (QED) is 0.291. The number of hydrogen-bond donors (Lipinski definition) is 0. The summed E-state index contributed by atoms with van der Waals surface area (Å²) in [5.41, 5.74) is -0.605. The highest BCUT2D eigenvalue weighted by atomic mass is 16.6. The summed E-state index contributed by atoms with van der Waals surface area (Å²) < 4.78 is 6.40. The summed E-state index contributed by atoms with van der Waals surface area (Å²) in [5, 5.41) is 22.1. The van der Waals surface area contributed by atoms with Gasteiger partial charge in [0.15, 0.2) is 5.43 Å². The normalized spacial score (nSPS) is 10.9. The Kier molecular flexibility index (Phi) is 4.55. The van der Waals surface area contributed by atoms with Crippen molar-refractivity contribution in [3.8, 4) is 0 Å². The number of hydrogen-bond acceptors (Lipinski definition) is 7. The van der Waals surface area contributed by atoms with Crippen LogP contribution in [0.4, 0.5) is 11.4 Å². The number of nitrogens with zero attached hydrogens (tertiary/aromatic N) is 3. The third-order valence-electron chi connectivity index (χ3n) is 4.05. The van der Waals surface area contributed by atoms with Gasteiger partial charge in [-0.3, -0.25) is 29.8 Å².